The summed E-state index contributed by atoms with van der Waals surface area (Å²) in [6, 6.07) is 8.80. The zero-order chi connectivity index (χ0) is 26.5. The minimum absolute atomic E-state index is 0.0949. The number of hydrogen-bond donors (Lipinski definition) is 1. The van der Waals surface area contributed by atoms with Crippen molar-refractivity contribution < 1.29 is 24.1 Å². The highest BCUT2D eigenvalue weighted by atomic mass is 16.5. The second-order valence-electron chi connectivity index (χ2n) is 11.4. The average Bonchev–Trinajstić information content (AvgIpc) is 2.94. The van der Waals surface area contributed by atoms with Crippen LogP contribution in [0, 0.1) is 23.7 Å². The fourth-order valence-corrected chi connectivity index (χ4v) is 6.23. The molecule has 0 saturated heterocycles. The first-order valence-corrected chi connectivity index (χ1v) is 14.7. The Morgan fingerprint density at radius 3 is 2.27 bits per heavy atom. The number of hydrogen-bond acceptors (Lipinski definition) is 5. The smallest absolute Gasteiger partial charge is 0.335 e. The van der Waals surface area contributed by atoms with E-state index >= 15 is 0 Å². The van der Waals surface area contributed by atoms with Crippen molar-refractivity contribution >= 4 is 5.97 Å². The van der Waals surface area contributed by atoms with E-state index in [0.717, 1.165) is 44.0 Å². The zero-order valence-electron chi connectivity index (χ0n) is 23.3. The summed E-state index contributed by atoms with van der Waals surface area (Å²) in [6.45, 7) is 7.19. The van der Waals surface area contributed by atoms with Crippen LogP contribution in [-0.2, 0) is 14.3 Å². The molecular formula is C32H50O5. The van der Waals surface area contributed by atoms with Gasteiger partial charge in [0.05, 0.1) is 32.0 Å². The first-order valence-electron chi connectivity index (χ1n) is 14.7. The first kappa shape index (κ1) is 29.7. The van der Waals surface area contributed by atoms with Crippen LogP contribution in [0.3, 0.4) is 0 Å². The predicted molar refractivity (Wildman–Crippen MR) is 149 cm³/mol. The Bertz CT molecular complexity index is 788. The maximum atomic E-state index is 11.9. The number of unbranched alkanes of at least 4 members (excludes halogenated alkanes) is 2. The molecule has 2 saturated carbocycles. The monoisotopic (exact) mass is 514 g/mol. The van der Waals surface area contributed by atoms with E-state index in [9.17, 15) is 4.79 Å². The van der Waals surface area contributed by atoms with Crippen molar-refractivity contribution in [3.8, 4) is 5.75 Å². The quantitative estimate of drug-likeness (QED) is 0.154. The third kappa shape index (κ3) is 9.76. The molecule has 2 fully saturated rings. The Labute approximate surface area is 225 Å². The minimum Gasteiger partial charge on any atom is -0.493 e. The summed E-state index contributed by atoms with van der Waals surface area (Å²) in [7, 11) is 1.69. The van der Waals surface area contributed by atoms with Crippen molar-refractivity contribution in [1.82, 2.24) is 0 Å². The SMILES string of the molecule is C=C(CO)C(=O)OCC(COC)C1CCC(c2ccc(OCC3CCC(CCCCC)CC3)cc2)CC1. The molecule has 0 radical (unpaired) electrons. The molecule has 0 aromatic heterocycles. The number of methoxy groups -OCH3 is 1. The number of aliphatic hydroxyl groups excluding tert-OH is 1. The van der Waals surface area contributed by atoms with Gasteiger partial charge in [-0.2, -0.15) is 0 Å². The number of rotatable bonds is 15. The van der Waals surface area contributed by atoms with Crippen molar-refractivity contribution in [2.75, 3.05) is 33.5 Å². The second-order valence-corrected chi connectivity index (χ2v) is 11.4. The summed E-state index contributed by atoms with van der Waals surface area (Å²) in [6.07, 6.45) is 15.4. The largest absolute Gasteiger partial charge is 0.493 e. The summed E-state index contributed by atoms with van der Waals surface area (Å²) < 4.78 is 17.0. The Morgan fingerprint density at radius 1 is 0.973 bits per heavy atom. The lowest BCUT2D eigenvalue weighted by atomic mass is 9.74. The third-order valence-electron chi connectivity index (χ3n) is 8.75. The highest BCUT2D eigenvalue weighted by Gasteiger charge is 2.29. The molecule has 1 N–H and O–H groups in total. The number of carbonyl (C=O) groups is 1. The fraction of sp³-hybridized carbons (Fsp3) is 0.719. The van der Waals surface area contributed by atoms with Crippen LogP contribution in [0.2, 0.25) is 0 Å². The van der Waals surface area contributed by atoms with Gasteiger partial charge < -0.3 is 19.3 Å². The van der Waals surface area contributed by atoms with Gasteiger partial charge in [0.1, 0.15) is 5.75 Å². The number of esters is 1. The maximum absolute atomic E-state index is 11.9. The highest BCUT2D eigenvalue weighted by Crippen LogP contribution is 2.39. The molecular weight excluding hydrogens is 464 g/mol. The van der Waals surface area contributed by atoms with Gasteiger partial charge in [0.25, 0.3) is 0 Å². The molecule has 2 aliphatic rings. The third-order valence-corrected chi connectivity index (χ3v) is 8.75. The minimum atomic E-state index is -0.519. The molecule has 5 heteroatoms. The first-order chi connectivity index (χ1) is 18.0. The number of aliphatic hydroxyl groups is 1. The number of carbonyl (C=O) groups excluding carboxylic acids is 1. The second kappa shape index (κ2) is 16.2. The van der Waals surface area contributed by atoms with Crippen LogP contribution >= 0.6 is 0 Å². The molecule has 1 atom stereocenters. The summed E-state index contributed by atoms with van der Waals surface area (Å²) in [5, 5.41) is 9.07. The normalized spacial score (nSPS) is 24.8. The van der Waals surface area contributed by atoms with Crippen LogP contribution in [-0.4, -0.2) is 44.6 Å². The lowest BCUT2D eigenvalue weighted by Gasteiger charge is -2.33. The van der Waals surface area contributed by atoms with E-state index in [4.69, 9.17) is 19.3 Å². The number of ether oxygens (including phenoxy) is 3. The van der Waals surface area contributed by atoms with E-state index < -0.39 is 5.97 Å². The standard InChI is InChI=1S/C32H50O5/c1-4-5-6-7-25-8-10-26(11-9-25)21-36-31-18-16-28(17-19-31)27-12-14-29(15-13-27)30(22-35-3)23-37-32(34)24(2)20-33/h16-19,25-27,29-30,33H,2,4-15,20-23H2,1,3H3. The number of benzene rings is 1. The van der Waals surface area contributed by atoms with Crippen LogP contribution in [0.5, 0.6) is 5.75 Å². The average molecular weight is 515 g/mol. The van der Waals surface area contributed by atoms with Gasteiger partial charge in [0.15, 0.2) is 0 Å². The molecule has 0 aliphatic heterocycles. The predicted octanol–water partition coefficient (Wildman–Crippen LogP) is 7.08. The van der Waals surface area contributed by atoms with E-state index in [1.54, 1.807) is 7.11 Å². The zero-order valence-corrected chi connectivity index (χ0v) is 23.3. The van der Waals surface area contributed by atoms with Crippen molar-refractivity contribution in [2.45, 2.75) is 89.9 Å². The van der Waals surface area contributed by atoms with E-state index in [1.165, 1.54) is 56.9 Å². The van der Waals surface area contributed by atoms with Crippen molar-refractivity contribution in [3.05, 3.63) is 42.0 Å². The van der Waals surface area contributed by atoms with Crippen molar-refractivity contribution in [2.24, 2.45) is 23.7 Å². The maximum Gasteiger partial charge on any atom is 0.335 e. The van der Waals surface area contributed by atoms with Crippen LogP contribution < -0.4 is 4.74 Å². The van der Waals surface area contributed by atoms with E-state index in [2.05, 4.69) is 37.8 Å². The molecule has 1 aromatic carbocycles. The summed E-state index contributed by atoms with van der Waals surface area (Å²) in [4.78, 5) is 11.9. The highest BCUT2D eigenvalue weighted by molar-refractivity contribution is 5.87. The van der Waals surface area contributed by atoms with E-state index in [0.29, 0.717) is 31.0 Å². The van der Waals surface area contributed by atoms with Gasteiger partial charge in [0.2, 0.25) is 0 Å². The van der Waals surface area contributed by atoms with Crippen LogP contribution in [0.4, 0.5) is 0 Å². The summed E-state index contributed by atoms with van der Waals surface area (Å²) in [5.74, 6) is 3.33. The molecule has 0 bridgehead atoms. The molecule has 0 spiro atoms. The molecule has 5 nitrogen and oxygen atoms in total. The van der Waals surface area contributed by atoms with E-state index in [-0.39, 0.29) is 18.1 Å². The molecule has 2 aliphatic carbocycles. The van der Waals surface area contributed by atoms with Gasteiger partial charge >= 0.3 is 5.97 Å². The molecule has 3 rings (SSSR count). The summed E-state index contributed by atoms with van der Waals surface area (Å²) in [5.41, 5.74) is 1.49. The van der Waals surface area contributed by atoms with Gasteiger partial charge in [-0.25, -0.2) is 4.79 Å². The van der Waals surface area contributed by atoms with Gasteiger partial charge in [-0.1, -0.05) is 64.2 Å². The molecule has 1 unspecified atom stereocenters. The molecule has 1 aromatic rings. The van der Waals surface area contributed by atoms with Gasteiger partial charge in [-0.15, -0.1) is 0 Å². The Hall–Kier alpha value is -1.85. The molecule has 0 heterocycles. The van der Waals surface area contributed by atoms with Gasteiger partial charge in [0, 0.05) is 13.0 Å². The topological polar surface area (TPSA) is 65.0 Å². The van der Waals surface area contributed by atoms with Gasteiger partial charge in [-0.3, -0.25) is 0 Å². The molecule has 37 heavy (non-hydrogen) atoms. The van der Waals surface area contributed by atoms with Crippen LogP contribution in [0.25, 0.3) is 0 Å². The van der Waals surface area contributed by atoms with Crippen LogP contribution in [0.15, 0.2) is 36.4 Å². The fourth-order valence-electron chi connectivity index (χ4n) is 6.23. The van der Waals surface area contributed by atoms with Crippen molar-refractivity contribution in [3.63, 3.8) is 0 Å². The lowest BCUT2D eigenvalue weighted by molar-refractivity contribution is -0.142. The van der Waals surface area contributed by atoms with Crippen LogP contribution in [0.1, 0.15) is 95.5 Å². The Morgan fingerprint density at radius 2 is 1.65 bits per heavy atom. The van der Waals surface area contributed by atoms with E-state index in [1.807, 2.05) is 0 Å². The van der Waals surface area contributed by atoms with Gasteiger partial charge in [-0.05, 0) is 79.9 Å². The lowest BCUT2D eigenvalue weighted by Crippen LogP contribution is -2.29. The molecule has 0 amide bonds. The molecule has 208 valence electrons. The van der Waals surface area contributed by atoms with Crippen molar-refractivity contribution in [1.29, 1.82) is 0 Å². The Kier molecular flexibility index (Phi) is 13.0. The Balaban J connectivity index is 1.38. The summed E-state index contributed by atoms with van der Waals surface area (Å²) >= 11 is 0.